The molecule has 12 nitrogen and oxygen atoms in total. The lowest BCUT2D eigenvalue weighted by Crippen LogP contribution is -2.59. The molecule has 2 aromatic heterocycles. The number of methoxy groups -OCH3 is 1. The van der Waals surface area contributed by atoms with Crippen LogP contribution in [0.1, 0.15) is 73.6 Å². The van der Waals surface area contributed by atoms with Crippen LogP contribution in [-0.2, 0) is 26.3 Å². The fourth-order valence-electron chi connectivity index (χ4n) is 6.16. The van der Waals surface area contributed by atoms with Gasteiger partial charge in [0.2, 0.25) is 11.8 Å². The van der Waals surface area contributed by atoms with Gasteiger partial charge in [0, 0.05) is 62.6 Å². The van der Waals surface area contributed by atoms with Gasteiger partial charge in [-0.25, -0.2) is 9.78 Å². The van der Waals surface area contributed by atoms with Gasteiger partial charge in [0.15, 0.2) is 5.75 Å². The molecule has 3 aromatic rings. The lowest BCUT2D eigenvalue weighted by atomic mass is 9.75. The van der Waals surface area contributed by atoms with Crippen molar-refractivity contribution in [1.82, 2.24) is 19.8 Å². The summed E-state index contributed by atoms with van der Waals surface area (Å²) >= 11 is 19.0. The van der Waals surface area contributed by atoms with Crippen molar-refractivity contribution in [2.75, 3.05) is 40.0 Å². The van der Waals surface area contributed by atoms with Gasteiger partial charge in [-0.1, -0.05) is 34.8 Å². The predicted octanol–water partition coefficient (Wildman–Crippen LogP) is 7.06. The molecule has 2 atom stereocenters. The van der Waals surface area contributed by atoms with E-state index in [4.69, 9.17) is 53.8 Å². The number of likely N-dealkylation sites (tertiary alicyclic amines) is 1. The van der Waals surface area contributed by atoms with Crippen LogP contribution in [-0.4, -0.2) is 94.4 Å². The zero-order chi connectivity index (χ0) is 38.5. The number of amides is 3. The van der Waals surface area contributed by atoms with Gasteiger partial charge in [0.25, 0.3) is 5.91 Å². The van der Waals surface area contributed by atoms with E-state index >= 15 is 0 Å². The van der Waals surface area contributed by atoms with Gasteiger partial charge in [-0.3, -0.25) is 19.5 Å². The Morgan fingerprint density at radius 3 is 2.30 bits per heavy atom. The predicted molar refractivity (Wildman–Crippen MR) is 200 cm³/mol. The fraction of sp³-hybridized carbons (Fsp3) is 0.500. The highest BCUT2D eigenvalue weighted by atomic mass is 35.5. The Bertz CT molecular complexity index is 1780. The van der Waals surface area contributed by atoms with E-state index in [0.717, 1.165) is 5.56 Å². The van der Waals surface area contributed by atoms with Crippen molar-refractivity contribution in [1.29, 1.82) is 0 Å². The molecule has 2 aliphatic rings. The van der Waals surface area contributed by atoms with E-state index in [-0.39, 0.29) is 49.2 Å². The van der Waals surface area contributed by atoms with E-state index in [0.29, 0.717) is 59.3 Å². The van der Waals surface area contributed by atoms with Crippen LogP contribution in [0, 0.1) is 12.8 Å². The zero-order valence-electron chi connectivity index (χ0n) is 30.5. The molecule has 53 heavy (non-hydrogen) atoms. The van der Waals surface area contributed by atoms with Crippen LogP contribution in [0.3, 0.4) is 0 Å². The summed E-state index contributed by atoms with van der Waals surface area (Å²) < 4.78 is 22.3. The molecule has 286 valence electrons. The number of hydrogen-bond donors (Lipinski definition) is 1. The number of benzene rings is 1. The highest BCUT2D eigenvalue weighted by Gasteiger charge is 2.52. The highest BCUT2D eigenvalue weighted by Crippen LogP contribution is 2.42. The standard InChI is InChI=1S/C38H45Cl3N4O8/c1-23-17-29(39)33(30(40)18-23)52-16-15-51-32-11-8-24(20-43-32)38(49)12-13-44(36(48)53-37(2,3)4)22-28(38)35(47)45(26-9-10-26)34(46)27-19-25(7-6-14-50-5)42-21-31(27)41/h8,11,17-21,26,28,49H,6-7,9-10,12-16,22H2,1-5H3/t28-,38+/m0/s1. The molecule has 1 N–H and O–H groups in total. The number of imide groups is 1. The number of aliphatic hydroxyl groups is 1. The Kier molecular flexibility index (Phi) is 13.1. The Morgan fingerprint density at radius 1 is 0.981 bits per heavy atom. The summed E-state index contributed by atoms with van der Waals surface area (Å²) in [5, 5.41) is 13.3. The molecular weight excluding hydrogens is 747 g/mol. The maximum Gasteiger partial charge on any atom is 0.410 e. The average molecular weight is 792 g/mol. The first-order chi connectivity index (χ1) is 25.1. The number of rotatable bonds is 13. The van der Waals surface area contributed by atoms with Crippen molar-refractivity contribution in [3.63, 3.8) is 0 Å². The third kappa shape index (κ3) is 10.1. The van der Waals surface area contributed by atoms with Gasteiger partial charge in [-0.2, -0.15) is 0 Å². The summed E-state index contributed by atoms with van der Waals surface area (Å²) in [6.07, 6.45) is 4.61. The van der Waals surface area contributed by atoms with E-state index in [9.17, 15) is 19.5 Å². The molecule has 1 aliphatic heterocycles. The van der Waals surface area contributed by atoms with Crippen molar-refractivity contribution in [2.24, 2.45) is 5.92 Å². The second-order valence-corrected chi connectivity index (χ2v) is 15.5. The van der Waals surface area contributed by atoms with Gasteiger partial charge in [0.05, 0.1) is 26.5 Å². The lowest BCUT2D eigenvalue weighted by molar-refractivity contribution is -0.151. The minimum absolute atomic E-state index is 0.0250. The van der Waals surface area contributed by atoms with E-state index in [1.165, 1.54) is 22.2 Å². The lowest BCUT2D eigenvalue weighted by Gasteiger charge is -2.45. The summed E-state index contributed by atoms with van der Waals surface area (Å²) in [6.45, 7) is 7.78. The monoisotopic (exact) mass is 790 g/mol. The number of halogens is 3. The molecule has 0 spiro atoms. The topological polar surface area (TPSA) is 141 Å². The number of carbonyl (C=O) groups excluding carboxylic acids is 3. The molecule has 0 unspecified atom stereocenters. The van der Waals surface area contributed by atoms with Crippen molar-refractivity contribution in [3.8, 4) is 11.6 Å². The first-order valence-electron chi connectivity index (χ1n) is 17.5. The van der Waals surface area contributed by atoms with Crippen LogP contribution in [0.4, 0.5) is 4.79 Å². The van der Waals surface area contributed by atoms with Crippen LogP contribution >= 0.6 is 34.8 Å². The van der Waals surface area contributed by atoms with Gasteiger partial charge < -0.3 is 29.0 Å². The number of carbonyl (C=O) groups is 3. The Labute approximate surface area is 324 Å². The van der Waals surface area contributed by atoms with Gasteiger partial charge in [-0.15, -0.1) is 0 Å². The Hall–Kier alpha value is -3.68. The molecule has 1 aromatic carbocycles. The second-order valence-electron chi connectivity index (χ2n) is 14.3. The first-order valence-corrected chi connectivity index (χ1v) is 18.6. The number of nitrogens with zero attached hydrogens (tertiary/aromatic N) is 4. The molecule has 0 bridgehead atoms. The maximum absolute atomic E-state index is 14.7. The van der Waals surface area contributed by atoms with Crippen LogP contribution in [0.15, 0.2) is 42.7 Å². The molecular formula is C38H45Cl3N4O8. The molecule has 15 heteroatoms. The van der Waals surface area contributed by atoms with E-state index in [2.05, 4.69) is 9.97 Å². The van der Waals surface area contributed by atoms with E-state index in [1.807, 2.05) is 6.92 Å². The van der Waals surface area contributed by atoms with Crippen LogP contribution in [0.2, 0.25) is 15.1 Å². The van der Waals surface area contributed by atoms with Gasteiger partial charge >= 0.3 is 6.09 Å². The maximum atomic E-state index is 14.7. The van der Waals surface area contributed by atoms with E-state index < -0.39 is 41.1 Å². The average Bonchev–Trinajstić information content (AvgIpc) is 3.93. The third-order valence-electron chi connectivity index (χ3n) is 8.94. The second kappa shape index (κ2) is 17.2. The molecule has 5 rings (SSSR count). The Morgan fingerprint density at radius 2 is 1.68 bits per heavy atom. The van der Waals surface area contributed by atoms with Crippen molar-refractivity contribution in [2.45, 2.75) is 77.0 Å². The molecule has 0 radical (unpaired) electrons. The third-order valence-corrected chi connectivity index (χ3v) is 9.81. The quantitative estimate of drug-likeness (QED) is 0.141. The largest absolute Gasteiger partial charge is 0.487 e. The fourth-order valence-corrected chi connectivity index (χ4v) is 7.04. The number of hydrogen-bond acceptors (Lipinski definition) is 10. The SMILES string of the molecule is COCCCc1cc(C(=O)N(C(=O)[C@@H]2CN(C(=O)OC(C)(C)C)CC[C@@]2(O)c2ccc(OCCOc3c(Cl)cc(C)cc3Cl)nc2)C2CC2)c(Cl)cn1. The normalized spacial score (nSPS) is 18.7. The molecule has 2 fully saturated rings. The highest BCUT2D eigenvalue weighted by molar-refractivity contribution is 6.37. The van der Waals surface area contributed by atoms with Crippen molar-refractivity contribution >= 4 is 52.7 Å². The van der Waals surface area contributed by atoms with Crippen molar-refractivity contribution in [3.05, 3.63) is 80.2 Å². The van der Waals surface area contributed by atoms with Crippen LogP contribution < -0.4 is 9.47 Å². The van der Waals surface area contributed by atoms with Crippen molar-refractivity contribution < 1.29 is 38.4 Å². The smallest absolute Gasteiger partial charge is 0.410 e. The molecule has 1 saturated heterocycles. The number of ether oxygens (including phenoxy) is 4. The number of aryl methyl sites for hydroxylation is 2. The molecule has 3 heterocycles. The van der Waals surface area contributed by atoms with Gasteiger partial charge in [-0.05, 0) is 89.6 Å². The van der Waals surface area contributed by atoms with E-state index in [1.54, 1.807) is 58.2 Å². The summed E-state index contributed by atoms with van der Waals surface area (Å²) in [6, 6.07) is 7.90. The minimum Gasteiger partial charge on any atom is -0.487 e. The zero-order valence-corrected chi connectivity index (χ0v) is 32.8. The number of piperidine rings is 1. The van der Waals surface area contributed by atoms with Crippen LogP contribution in [0.5, 0.6) is 11.6 Å². The molecule has 1 saturated carbocycles. The summed E-state index contributed by atoms with van der Waals surface area (Å²) in [5.41, 5.74) is -0.593. The molecule has 1 aliphatic carbocycles. The number of pyridine rings is 2. The first kappa shape index (κ1) is 40.5. The van der Waals surface area contributed by atoms with Gasteiger partial charge in [0.1, 0.15) is 24.4 Å². The van der Waals surface area contributed by atoms with Crippen LogP contribution in [0.25, 0.3) is 0 Å². The summed E-state index contributed by atoms with van der Waals surface area (Å²) in [4.78, 5) is 53.5. The number of aromatic nitrogens is 2. The Balaban J connectivity index is 1.38. The summed E-state index contributed by atoms with van der Waals surface area (Å²) in [7, 11) is 1.61. The summed E-state index contributed by atoms with van der Waals surface area (Å²) in [5.74, 6) is -1.87. The minimum atomic E-state index is -1.80. The molecule has 3 amide bonds.